The zero-order valence-corrected chi connectivity index (χ0v) is 17.1. The summed E-state index contributed by atoms with van der Waals surface area (Å²) in [6, 6.07) is 11.4. The average Bonchev–Trinajstić information content (AvgIpc) is 2.56. The minimum Gasteiger partial charge on any atom is -0.505 e. The molecule has 2 aromatic rings. The van der Waals surface area contributed by atoms with Gasteiger partial charge in [0.05, 0.1) is 5.69 Å². The van der Waals surface area contributed by atoms with Crippen molar-refractivity contribution in [3.63, 3.8) is 0 Å². The van der Waals surface area contributed by atoms with E-state index in [4.69, 9.17) is 0 Å². The van der Waals surface area contributed by atoms with Crippen LogP contribution in [-0.2, 0) is 15.6 Å². The molecule has 0 saturated carbocycles. The van der Waals surface area contributed by atoms with Crippen LogP contribution in [-0.4, -0.2) is 10.9 Å². The highest BCUT2D eigenvalue weighted by Gasteiger charge is 2.29. The molecule has 1 aliphatic rings. The van der Waals surface area contributed by atoms with Crippen molar-refractivity contribution in [2.24, 2.45) is 0 Å². The second-order valence-corrected chi connectivity index (χ2v) is 9.36. The maximum Gasteiger partial charge on any atom is 0.182 e. The third kappa shape index (κ3) is 3.78. The maximum absolute atomic E-state index is 12.6. The molecule has 3 nitrogen and oxygen atoms in total. The quantitative estimate of drug-likeness (QED) is 0.669. The predicted octanol–water partition coefficient (Wildman–Crippen LogP) is 5.74. The number of ketones is 1. The normalized spacial score (nSPS) is 17.0. The molecule has 0 amide bonds. The van der Waals surface area contributed by atoms with E-state index in [2.05, 4.69) is 52.9 Å². The van der Waals surface area contributed by atoms with Crippen molar-refractivity contribution in [1.29, 1.82) is 0 Å². The molecule has 3 rings (SSSR count). The molecule has 1 aliphatic carbocycles. The van der Waals surface area contributed by atoms with Crippen LogP contribution in [0.2, 0.25) is 0 Å². The van der Waals surface area contributed by atoms with Crippen LogP contribution in [0.15, 0.2) is 42.5 Å². The molecule has 1 unspecified atom stereocenters. The standard InChI is InChI=1S/C24H29NO2/c1-23(2,3)16-13-18(24(4,5)6)22(27)19(14-16)25-21-17-10-8-7-9-15(17)11-12-20(21)26/h7-14,21,25,27H,1-6H3. The van der Waals surface area contributed by atoms with Crippen LogP contribution >= 0.6 is 0 Å². The molecule has 0 fully saturated rings. The Labute approximate surface area is 162 Å². The van der Waals surface area contributed by atoms with Gasteiger partial charge in [0, 0.05) is 5.56 Å². The minimum absolute atomic E-state index is 0.00781. The summed E-state index contributed by atoms with van der Waals surface area (Å²) in [6.45, 7) is 12.7. The topological polar surface area (TPSA) is 49.3 Å². The molecule has 2 N–H and O–H groups in total. The first-order valence-corrected chi connectivity index (χ1v) is 9.44. The van der Waals surface area contributed by atoms with Gasteiger partial charge in [-0.25, -0.2) is 0 Å². The van der Waals surface area contributed by atoms with Crippen LogP contribution in [0.5, 0.6) is 5.75 Å². The fourth-order valence-corrected chi connectivity index (χ4v) is 3.40. The van der Waals surface area contributed by atoms with Gasteiger partial charge >= 0.3 is 0 Å². The van der Waals surface area contributed by atoms with E-state index in [0.717, 1.165) is 22.3 Å². The van der Waals surface area contributed by atoms with Gasteiger partial charge in [-0.2, -0.15) is 0 Å². The molecule has 1 atom stereocenters. The average molecular weight is 364 g/mol. The summed E-state index contributed by atoms with van der Waals surface area (Å²) in [7, 11) is 0. The SMILES string of the molecule is CC(C)(C)c1cc(NC2C(=O)C=Cc3ccccc32)c(O)c(C(C)(C)C)c1. The number of nitrogens with one attached hydrogen (secondary N) is 1. The van der Waals surface area contributed by atoms with E-state index in [9.17, 15) is 9.90 Å². The molecule has 0 aliphatic heterocycles. The van der Waals surface area contributed by atoms with Gasteiger partial charge in [-0.1, -0.05) is 78.0 Å². The first-order chi connectivity index (χ1) is 12.5. The molecule has 27 heavy (non-hydrogen) atoms. The number of carbonyl (C=O) groups excluding carboxylic acids is 1. The van der Waals surface area contributed by atoms with E-state index < -0.39 is 6.04 Å². The number of carbonyl (C=O) groups is 1. The Bertz CT molecular complexity index is 911. The first kappa shape index (κ1) is 19.2. The Morgan fingerprint density at radius 2 is 1.59 bits per heavy atom. The van der Waals surface area contributed by atoms with Crippen molar-refractivity contribution >= 4 is 17.5 Å². The highest BCUT2D eigenvalue weighted by Crippen LogP contribution is 2.42. The van der Waals surface area contributed by atoms with Gasteiger partial charge in [0.25, 0.3) is 0 Å². The van der Waals surface area contributed by atoms with E-state index >= 15 is 0 Å². The van der Waals surface area contributed by atoms with Crippen molar-refractivity contribution in [3.05, 3.63) is 64.7 Å². The summed E-state index contributed by atoms with van der Waals surface area (Å²) < 4.78 is 0. The van der Waals surface area contributed by atoms with Crippen LogP contribution < -0.4 is 5.32 Å². The number of hydrogen-bond acceptors (Lipinski definition) is 3. The molecule has 2 aromatic carbocycles. The minimum atomic E-state index is -0.500. The lowest BCUT2D eigenvalue weighted by Gasteiger charge is -2.29. The summed E-state index contributed by atoms with van der Waals surface area (Å²) >= 11 is 0. The van der Waals surface area contributed by atoms with Crippen LogP contribution in [0.1, 0.15) is 69.8 Å². The lowest BCUT2D eigenvalue weighted by atomic mass is 9.79. The van der Waals surface area contributed by atoms with Gasteiger partial charge < -0.3 is 10.4 Å². The van der Waals surface area contributed by atoms with Crippen molar-refractivity contribution in [2.45, 2.75) is 58.4 Å². The monoisotopic (exact) mass is 363 g/mol. The van der Waals surface area contributed by atoms with Gasteiger partial charge in [0.1, 0.15) is 11.8 Å². The van der Waals surface area contributed by atoms with E-state index in [-0.39, 0.29) is 22.4 Å². The lowest BCUT2D eigenvalue weighted by molar-refractivity contribution is -0.115. The molecular weight excluding hydrogens is 334 g/mol. The largest absolute Gasteiger partial charge is 0.505 e. The molecule has 0 bridgehead atoms. The number of hydrogen-bond donors (Lipinski definition) is 2. The molecular formula is C24H29NO2. The van der Waals surface area contributed by atoms with Crippen molar-refractivity contribution in [2.75, 3.05) is 5.32 Å². The Kier molecular flexibility index (Phi) is 4.67. The van der Waals surface area contributed by atoms with Crippen molar-refractivity contribution in [1.82, 2.24) is 0 Å². The molecule has 3 heteroatoms. The number of phenolic OH excluding ortho intramolecular Hbond substituents is 1. The highest BCUT2D eigenvalue weighted by atomic mass is 16.3. The molecule has 0 aromatic heterocycles. The molecule has 0 spiro atoms. The summed E-state index contributed by atoms with van der Waals surface area (Å²) in [5.74, 6) is 0.210. The Morgan fingerprint density at radius 1 is 0.926 bits per heavy atom. The lowest BCUT2D eigenvalue weighted by Crippen LogP contribution is -2.24. The Hall–Kier alpha value is -2.55. The van der Waals surface area contributed by atoms with Gasteiger partial charge in [-0.05, 0) is 39.7 Å². The zero-order valence-electron chi connectivity index (χ0n) is 17.1. The molecule has 0 heterocycles. The predicted molar refractivity (Wildman–Crippen MR) is 112 cm³/mol. The third-order valence-electron chi connectivity index (χ3n) is 5.10. The van der Waals surface area contributed by atoms with Crippen LogP contribution in [0, 0.1) is 0 Å². The second-order valence-electron chi connectivity index (χ2n) is 9.36. The molecule has 0 radical (unpaired) electrons. The maximum atomic E-state index is 12.6. The molecule has 0 saturated heterocycles. The Balaban J connectivity index is 2.12. The summed E-state index contributed by atoms with van der Waals surface area (Å²) in [4.78, 5) is 12.6. The fraction of sp³-hybridized carbons (Fsp3) is 0.375. The van der Waals surface area contributed by atoms with Crippen molar-refractivity contribution in [3.8, 4) is 5.75 Å². The number of phenols is 1. The van der Waals surface area contributed by atoms with Crippen molar-refractivity contribution < 1.29 is 9.90 Å². The van der Waals surface area contributed by atoms with E-state index in [0.29, 0.717) is 5.69 Å². The summed E-state index contributed by atoms with van der Waals surface area (Å²) in [6.07, 6.45) is 3.46. The van der Waals surface area contributed by atoms with Gasteiger partial charge in [0.15, 0.2) is 5.78 Å². The second kappa shape index (κ2) is 6.56. The third-order valence-corrected chi connectivity index (χ3v) is 5.10. The number of benzene rings is 2. The van der Waals surface area contributed by atoms with E-state index in [1.165, 1.54) is 0 Å². The van der Waals surface area contributed by atoms with Crippen LogP contribution in [0.4, 0.5) is 5.69 Å². The fourth-order valence-electron chi connectivity index (χ4n) is 3.40. The number of aromatic hydroxyl groups is 1. The zero-order chi connectivity index (χ0) is 20.0. The highest BCUT2D eigenvalue weighted by molar-refractivity contribution is 6.03. The first-order valence-electron chi connectivity index (χ1n) is 9.44. The Morgan fingerprint density at radius 3 is 2.22 bits per heavy atom. The van der Waals surface area contributed by atoms with Gasteiger partial charge in [-0.15, -0.1) is 0 Å². The summed E-state index contributed by atoms with van der Waals surface area (Å²) in [5, 5.41) is 14.3. The van der Waals surface area contributed by atoms with E-state index in [1.54, 1.807) is 6.08 Å². The van der Waals surface area contributed by atoms with E-state index in [1.807, 2.05) is 36.4 Å². The van der Waals surface area contributed by atoms with Crippen LogP contribution in [0.25, 0.3) is 6.08 Å². The molecule has 142 valence electrons. The van der Waals surface area contributed by atoms with Crippen LogP contribution in [0.3, 0.4) is 0 Å². The van der Waals surface area contributed by atoms with Gasteiger partial charge in [-0.3, -0.25) is 4.79 Å². The van der Waals surface area contributed by atoms with Gasteiger partial charge in [0.2, 0.25) is 0 Å². The number of fused-ring (bicyclic) bond motifs is 1. The number of rotatable bonds is 2. The smallest absolute Gasteiger partial charge is 0.182 e. The number of anilines is 1. The summed E-state index contributed by atoms with van der Waals surface area (Å²) in [5.41, 5.74) is 4.29.